The van der Waals surface area contributed by atoms with Gasteiger partial charge in [-0.25, -0.2) is 18.8 Å². The van der Waals surface area contributed by atoms with Gasteiger partial charge in [0.2, 0.25) is 0 Å². The van der Waals surface area contributed by atoms with Gasteiger partial charge < -0.3 is 20.9 Å². The summed E-state index contributed by atoms with van der Waals surface area (Å²) in [5, 5.41) is 7.25. The monoisotopic (exact) mass is 532 g/mol. The highest BCUT2D eigenvalue weighted by Gasteiger charge is 2.21. The molecule has 0 bridgehead atoms. The first kappa shape index (κ1) is 26.1. The van der Waals surface area contributed by atoms with Crippen LogP contribution in [-0.4, -0.2) is 28.9 Å². The molecule has 0 atom stereocenters. The molecule has 3 aromatic rings. The van der Waals surface area contributed by atoms with E-state index in [-0.39, 0.29) is 12.4 Å². The van der Waals surface area contributed by atoms with E-state index in [2.05, 4.69) is 22.2 Å². The fraction of sp³-hybridized carbons (Fsp3) is 0.308. The minimum Gasteiger partial charge on any atom is -0.383 e. The number of anilines is 1. The molecule has 2 aromatic carbocycles. The van der Waals surface area contributed by atoms with E-state index < -0.39 is 11.6 Å². The Kier molecular flexibility index (Phi) is 8.61. The van der Waals surface area contributed by atoms with Crippen LogP contribution in [0.3, 0.4) is 0 Å². The summed E-state index contributed by atoms with van der Waals surface area (Å²) in [6.45, 7) is 6.64. The lowest BCUT2D eigenvalue weighted by atomic mass is 9.94. The van der Waals surface area contributed by atoms with Gasteiger partial charge in [0.25, 0.3) is 0 Å². The molecule has 0 unspecified atom stereocenters. The minimum atomic E-state index is -0.641. The van der Waals surface area contributed by atoms with E-state index in [0.29, 0.717) is 51.0 Å². The van der Waals surface area contributed by atoms with E-state index in [4.69, 9.17) is 33.9 Å². The highest BCUT2D eigenvalue weighted by Crippen LogP contribution is 2.36. The number of piperidine rings is 1. The van der Waals surface area contributed by atoms with Crippen LogP contribution in [0.25, 0.3) is 11.4 Å². The lowest BCUT2D eigenvalue weighted by Gasteiger charge is -2.23. The van der Waals surface area contributed by atoms with Crippen LogP contribution in [0.5, 0.6) is 0 Å². The highest BCUT2D eigenvalue weighted by atomic mass is 35.5. The number of benzene rings is 2. The zero-order chi connectivity index (χ0) is 25.7. The Labute approximate surface area is 219 Å². The summed E-state index contributed by atoms with van der Waals surface area (Å²) in [6, 6.07) is 8.71. The van der Waals surface area contributed by atoms with E-state index in [1.807, 2.05) is 4.57 Å². The number of rotatable bonds is 9. The fourth-order valence-electron chi connectivity index (χ4n) is 4.24. The van der Waals surface area contributed by atoms with Gasteiger partial charge in [0, 0.05) is 24.7 Å². The lowest BCUT2D eigenvalue weighted by molar-refractivity contribution is 0.339. The summed E-state index contributed by atoms with van der Waals surface area (Å²) < 4.78 is 28.9. The predicted octanol–water partition coefficient (Wildman–Crippen LogP) is 5.79. The smallest absolute Gasteiger partial charge is 0.145 e. The Hall–Kier alpha value is -2.94. The number of nitrogen functional groups attached to an aromatic ring is 1. The number of imidazole rings is 1. The van der Waals surface area contributed by atoms with Crippen molar-refractivity contribution in [3.05, 3.63) is 81.7 Å². The molecule has 0 spiro atoms. The Morgan fingerprint density at radius 3 is 2.64 bits per heavy atom. The van der Waals surface area contributed by atoms with Gasteiger partial charge in [0.1, 0.15) is 34.8 Å². The van der Waals surface area contributed by atoms with E-state index in [9.17, 15) is 8.78 Å². The van der Waals surface area contributed by atoms with Crippen LogP contribution >= 0.6 is 23.2 Å². The molecule has 2 heterocycles. The molecule has 1 aliphatic heterocycles. The lowest BCUT2D eigenvalue weighted by Crippen LogP contribution is -2.28. The third-order valence-corrected chi connectivity index (χ3v) is 6.91. The first-order valence-electron chi connectivity index (χ1n) is 11.8. The summed E-state index contributed by atoms with van der Waals surface area (Å²) in [5.74, 6) is 0.614. The van der Waals surface area contributed by atoms with E-state index >= 15 is 0 Å². The Bertz CT molecular complexity index is 1250. The second-order valence-electron chi connectivity index (χ2n) is 8.73. The largest absolute Gasteiger partial charge is 0.383 e. The van der Waals surface area contributed by atoms with Gasteiger partial charge in [-0.15, -0.1) is 0 Å². The van der Waals surface area contributed by atoms with Crippen LogP contribution < -0.4 is 16.4 Å². The predicted molar refractivity (Wildman–Crippen MR) is 142 cm³/mol. The van der Waals surface area contributed by atoms with E-state index in [1.54, 1.807) is 18.2 Å². The number of nitrogens with one attached hydrogen (secondary N) is 2. The second kappa shape index (κ2) is 11.9. The number of nitrogens with two attached hydrogens (primary N) is 1. The first-order valence-corrected chi connectivity index (χ1v) is 12.5. The average molecular weight is 533 g/mol. The molecule has 0 amide bonds. The fourth-order valence-corrected chi connectivity index (χ4v) is 4.80. The number of nitrogens with zero attached hydrogens (tertiary/aromatic N) is 3. The van der Waals surface area contributed by atoms with Crippen molar-refractivity contribution < 1.29 is 8.78 Å². The van der Waals surface area contributed by atoms with Crippen LogP contribution in [-0.2, 0) is 13.1 Å². The molecular formula is C26H28Cl2F2N6. The molecule has 4 rings (SSSR count). The molecule has 1 aromatic heterocycles. The van der Waals surface area contributed by atoms with Crippen molar-refractivity contribution in [3.8, 4) is 11.4 Å². The molecule has 0 radical (unpaired) electrons. The van der Waals surface area contributed by atoms with Crippen LogP contribution in [0.1, 0.15) is 30.5 Å². The molecule has 1 saturated heterocycles. The minimum absolute atomic E-state index is 0.100. The van der Waals surface area contributed by atoms with Crippen LogP contribution in [0.15, 0.2) is 53.8 Å². The number of hydrogen-bond donors (Lipinski definition) is 3. The zero-order valence-corrected chi connectivity index (χ0v) is 21.2. The third-order valence-electron chi connectivity index (χ3n) is 6.28. The van der Waals surface area contributed by atoms with Crippen molar-refractivity contribution in [2.45, 2.75) is 32.4 Å². The first-order chi connectivity index (χ1) is 17.3. The maximum atomic E-state index is 13.9. The molecule has 1 fully saturated rings. The van der Waals surface area contributed by atoms with Gasteiger partial charge in [0.05, 0.1) is 21.8 Å². The summed E-state index contributed by atoms with van der Waals surface area (Å²) in [5.41, 5.74) is 7.87. The third kappa shape index (κ3) is 6.24. The standard InChI is InChI=1S/C26H28Cl2F2N6/c1-16(33-14-18-5-6-19(29)13-22(18)30)34-15-23-25(31)36(12-9-17-7-10-32-11-8-17)26(35-23)24-20(27)3-2-4-21(24)28/h2-6,13,15,17,32-33H,1,7-12,14,31H2/b34-15-. The molecule has 1 aliphatic rings. The van der Waals surface area contributed by atoms with Gasteiger partial charge in [-0.2, -0.15) is 0 Å². The van der Waals surface area contributed by atoms with Crippen molar-refractivity contribution in [2.24, 2.45) is 10.9 Å². The maximum absolute atomic E-state index is 13.9. The van der Waals surface area contributed by atoms with Crippen LogP contribution in [0.2, 0.25) is 10.0 Å². The van der Waals surface area contributed by atoms with Crippen molar-refractivity contribution >= 4 is 35.2 Å². The quantitative estimate of drug-likeness (QED) is 0.305. The SMILES string of the molecule is C=C(/N=C\c1nc(-c2c(Cl)cccc2Cl)n(CCC2CCNCC2)c1N)NCc1ccc(F)cc1F. The van der Waals surface area contributed by atoms with E-state index in [0.717, 1.165) is 38.4 Å². The van der Waals surface area contributed by atoms with Gasteiger partial charge in [0.15, 0.2) is 0 Å². The zero-order valence-electron chi connectivity index (χ0n) is 19.7. The molecule has 4 N–H and O–H groups in total. The molecule has 6 nitrogen and oxygen atoms in total. The molecule has 190 valence electrons. The summed E-state index contributed by atoms with van der Waals surface area (Å²) in [4.78, 5) is 9.02. The highest BCUT2D eigenvalue weighted by molar-refractivity contribution is 6.39. The summed E-state index contributed by atoms with van der Waals surface area (Å²) >= 11 is 13.0. The number of hydrogen-bond acceptors (Lipinski definition) is 5. The molecule has 0 saturated carbocycles. The maximum Gasteiger partial charge on any atom is 0.145 e. The van der Waals surface area contributed by atoms with Crippen LogP contribution in [0, 0.1) is 17.6 Å². The van der Waals surface area contributed by atoms with Gasteiger partial charge in [-0.05, 0) is 56.5 Å². The number of aliphatic imine (C=N–C) groups is 1. The van der Waals surface area contributed by atoms with E-state index in [1.165, 1.54) is 18.3 Å². The van der Waals surface area contributed by atoms with Crippen LogP contribution in [0.4, 0.5) is 14.6 Å². The van der Waals surface area contributed by atoms with Gasteiger partial charge >= 0.3 is 0 Å². The van der Waals surface area contributed by atoms with Crippen molar-refractivity contribution in [1.82, 2.24) is 20.2 Å². The normalized spacial score (nSPS) is 14.4. The van der Waals surface area contributed by atoms with Crippen molar-refractivity contribution in [3.63, 3.8) is 0 Å². The second-order valence-corrected chi connectivity index (χ2v) is 9.54. The summed E-state index contributed by atoms with van der Waals surface area (Å²) in [6.07, 6.45) is 4.68. The molecular weight excluding hydrogens is 505 g/mol. The average Bonchev–Trinajstić information content (AvgIpc) is 3.16. The molecule has 0 aliphatic carbocycles. The Balaban J connectivity index is 1.55. The van der Waals surface area contributed by atoms with Gasteiger partial charge in [-0.1, -0.05) is 41.9 Å². The molecule has 36 heavy (non-hydrogen) atoms. The van der Waals surface area contributed by atoms with Crippen molar-refractivity contribution in [1.29, 1.82) is 0 Å². The number of aromatic nitrogens is 2. The Morgan fingerprint density at radius 1 is 1.22 bits per heavy atom. The molecule has 10 heteroatoms. The topological polar surface area (TPSA) is 80.3 Å². The van der Waals surface area contributed by atoms with Gasteiger partial charge in [-0.3, -0.25) is 0 Å². The Morgan fingerprint density at radius 2 is 1.94 bits per heavy atom. The summed E-state index contributed by atoms with van der Waals surface area (Å²) in [7, 11) is 0. The number of halogens is 4. The van der Waals surface area contributed by atoms with Crippen molar-refractivity contribution in [2.75, 3.05) is 18.8 Å².